The predicted octanol–water partition coefficient (Wildman–Crippen LogP) is -1.55. The Balaban J connectivity index is 1.14. The van der Waals surface area contributed by atoms with E-state index in [1.165, 1.54) is 36.4 Å². The van der Waals surface area contributed by atoms with Crippen molar-refractivity contribution in [2.45, 2.75) is 12.1 Å². The molecule has 0 saturated carbocycles. The van der Waals surface area contributed by atoms with Gasteiger partial charge in [0, 0.05) is 0 Å². The topological polar surface area (TPSA) is 203 Å². The molecule has 2 unspecified atom stereocenters. The zero-order chi connectivity index (χ0) is 27.1. The molecule has 6 amide bonds. The molecule has 0 bridgehead atoms. The fraction of sp³-hybridized carbons (Fsp3) is 0.167. The number of rotatable bonds is 6. The van der Waals surface area contributed by atoms with Gasteiger partial charge in [-0.05, 0) is 36.4 Å². The number of nitrogens with one attached hydrogen (secondary N) is 4. The van der Waals surface area contributed by atoms with Crippen molar-refractivity contribution in [3.8, 4) is 0 Å². The maximum atomic E-state index is 12.4. The third-order valence-corrected chi connectivity index (χ3v) is 5.97. The van der Waals surface area contributed by atoms with Crippen LogP contribution in [0.5, 0.6) is 0 Å². The fourth-order valence-corrected chi connectivity index (χ4v) is 3.98. The van der Waals surface area contributed by atoms with Crippen LogP contribution < -0.4 is 21.3 Å². The lowest BCUT2D eigenvalue weighted by Gasteiger charge is -2.28. The third-order valence-electron chi connectivity index (χ3n) is 5.97. The Bertz CT molecular complexity index is 1390. The van der Waals surface area contributed by atoms with Gasteiger partial charge in [0.15, 0.2) is 0 Å². The minimum Gasteiger partial charge on any atom is -0.459 e. The number of carbonyl (C=O) groups is 8. The molecule has 1 fully saturated rings. The Morgan fingerprint density at radius 2 is 0.947 bits per heavy atom. The zero-order valence-corrected chi connectivity index (χ0v) is 19.1. The van der Waals surface area contributed by atoms with E-state index in [0.29, 0.717) is 0 Å². The lowest BCUT2D eigenvalue weighted by molar-refractivity contribution is -0.138. The number of esters is 2. The van der Waals surface area contributed by atoms with Gasteiger partial charge in [-0.15, -0.1) is 0 Å². The van der Waals surface area contributed by atoms with E-state index in [4.69, 9.17) is 9.47 Å². The van der Waals surface area contributed by atoms with Crippen molar-refractivity contribution < 1.29 is 47.8 Å². The first-order valence-electron chi connectivity index (χ1n) is 11.1. The standard InChI is InChI=1S/C24H16N4O10/c29-17-11-3-1-9(5-13(11)19(31)27-17)23(35)37-7-15-21(33)26-16(22(34)25-15)8-38-24(36)10-2-4-12-14(6-10)20(32)28-18(12)30/h1-6,15-16H,7-8H2,(H,25,34)(H,26,33)(H,27,29,31)(H,28,30,32). The molecular formula is C24H16N4O10. The Kier molecular flexibility index (Phi) is 5.91. The second kappa shape index (κ2) is 9.24. The number of piperazine rings is 1. The number of fused-ring (bicyclic) bond motifs is 2. The van der Waals surface area contributed by atoms with Crippen LogP contribution >= 0.6 is 0 Å². The van der Waals surface area contributed by atoms with Crippen molar-refractivity contribution in [3.05, 3.63) is 69.8 Å². The first-order chi connectivity index (χ1) is 18.1. The first-order valence-corrected chi connectivity index (χ1v) is 11.1. The van der Waals surface area contributed by atoms with Gasteiger partial charge in [0.1, 0.15) is 25.3 Å². The van der Waals surface area contributed by atoms with Gasteiger partial charge in [0.25, 0.3) is 23.6 Å². The molecule has 0 spiro atoms. The molecule has 3 heterocycles. The summed E-state index contributed by atoms with van der Waals surface area (Å²) in [6, 6.07) is 5.08. The van der Waals surface area contributed by atoms with Gasteiger partial charge in [-0.3, -0.25) is 39.4 Å². The van der Waals surface area contributed by atoms with Gasteiger partial charge in [0.2, 0.25) is 11.8 Å². The van der Waals surface area contributed by atoms with E-state index in [1.54, 1.807) is 0 Å². The van der Waals surface area contributed by atoms with E-state index in [1.807, 2.05) is 0 Å². The van der Waals surface area contributed by atoms with E-state index in [2.05, 4.69) is 21.3 Å². The zero-order valence-electron chi connectivity index (χ0n) is 19.1. The van der Waals surface area contributed by atoms with Crippen molar-refractivity contribution in [2.75, 3.05) is 13.2 Å². The van der Waals surface area contributed by atoms with Gasteiger partial charge < -0.3 is 20.1 Å². The Hall–Kier alpha value is -5.40. The monoisotopic (exact) mass is 520 g/mol. The summed E-state index contributed by atoms with van der Waals surface area (Å²) < 4.78 is 10.2. The van der Waals surface area contributed by atoms with E-state index < -0.39 is 72.7 Å². The highest BCUT2D eigenvalue weighted by Crippen LogP contribution is 2.19. The normalized spacial score (nSPS) is 19.6. The average molecular weight is 520 g/mol. The summed E-state index contributed by atoms with van der Waals surface area (Å²) in [7, 11) is 0. The number of carbonyl (C=O) groups excluding carboxylic acids is 8. The molecule has 14 heteroatoms. The van der Waals surface area contributed by atoms with Gasteiger partial charge in [-0.2, -0.15) is 0 Å². The Morgan fingerprint density at radius 1 is 0.579 bits per heavy atom. The van der Waals surface area contributed by atoms with Gasteiger partial charge >= 0.3 is 11.9 Å². The number of ether oxygens (including phenoxy) is 2. The highest BCUT2D eigenvalue weighted by atomic mass is 16.5. The molecule has 5 rings (SSSR count). The quantitative estimate of drug-likeness (QED) is 0.255. The maximum absolute atomic E-state index is 12.4. The highest BCUT2D eigenvalue weighted by molar-refractivity contribution is 6.22. The van der Waals surface area contributed by atoms with Crippen molar-refractivity contribution >= 4 is 47.4 Å². The number of hydrogen-bond acceptors (Lipinski definition) is 10. The van der Waals surface area contributed by atoms with Crippen LogP contribution in [-0.2, 0) is 19.1 Å². The van der Waals surface area contributed by atoms with Crippen molar-refractivity contribution in [1.29, 1.82) is 0 Å². The van der Waals surface area contributed by atoms with E-state index in [9.17, 15) is 38.4 Å². The molecule has 0 aliphatic carbocycles. The lowest BCUT2D eigenvalue weighted by atomic mass is 10.1. The predicted molar refractivity (Wildman–Crippen MR) is 121 cm³/mol. The lowest BCUT2D eigenvalue weighted by Crippen LogP contribution is -2.64. The summed E-state index contributed by atoms with van der Waals surface area (Å²) in [6.07, 6.45) is 0. The van der Waals surface area contributed by atoms with Crippen LogP contribution in [-0.4, -0.2) is 72.7 Å². The molecule has 0 radical (unpaired) electrons. The maximum Gasteiger partial charge on any atom is 0.338 e. The van der Waals surface area contributed by atoms with Crippen LogP contribution in [0, 0.1) is 0 Å². The second-order valence-electron chi connectivity index (χ2n) is 8.41. The highest BCUT2D eigenvalue weighted by Gasteiger charge is 2.36. The molecule has 0 aromatic heterocycles. The molecule has 2 atom stereocenters. The molecule has 38 heavy (non-hydrogen) atoms. The van der Waals surface area contributed by atoms with E-state index in [-0.39, 0.29) is 33.4 Å². The van der Waals surface area contributed by atoms with Crippen LogP contribution in [0.4, 0.5) is 0 Å². The van der Waals surface area contributed by atoms with Crippen LogP contribution in [0.3, 0.4) is 0 Å². The molecular weight excluding hydrogens is 504 g/mol. The van der Waals surface area contributed by atoms with Crippen LogP contribution in [0.15, 0.2) is 36.4 Å². The average Bonchev–Trinajstić information content (AvgIpc) is 3.35. The Labute approximate surface area is 212 Å². The molecule has 2 aromatic rings. The minimum atomic E-state index is -1.23. The van der Waals surface area contributed by atoms with Gasteiger partial charge in [0.05, 0.1) is 33.4 Å². The molecule has 14 nitrogen and oxygen atoms in total. The molecule has 192 valence electrons. The van der Waals surface area contributed by atoms with Crippen LogP contribution in [0.1, 0.15) is 62.1 Å². The van der Waals surface area contributed by atoms with Gasteiger partial charge in [-0.1, -0.05) is 0 Å². The molecule has 3 aliphatic rings. The largest absolute Gasteiger partial charge is 0.459 e. The molecule has 1 saturated heterocycles. The van der Waals surface area contributed by atoms with E-state index in [0.717, 1.165) is 0 Å². The van der Waals surface area contributed by atoms with Crippen molar-refractivity contribution in [2.24, 2.45) is 0 Å². The second-order valence-corrected chi connectivity index (χ2v) is 8.41. The first kappa shape index (κ1) is 24.3. The number of imide groups is 2. The number of amides is 6. The third kappa shape index (κ3) is 4.34. The number of benzene rings is 2. The summed E-state index contributed by atoms with van der Waals surface area (Å²) >= 11 is 0. The molecule has 2 aromatic carbocycles. The van der Waals surface area contributed by atoms with Crippen molar-refractivity contribution in [3.63, 3.8) is 0 Å². The molecule has 3 aliphatic heterocycles. The Morgan fingerprint density at radius 3 is 1.34 bits per heavy atom. The summed E-state index contributed by atoms with van der Waals surface area (Å²) in [5.41, 5.74) is 0.205. The summed E-state index contributed by atoms with van der Waals surface area (Å²) in [4.78, 5) is 96.3. The van der Waals surface area contributed by atoms with Crippen LogP contribution in [0.25, 0.3) is 0 Å². The number of hydrogen-bond donors (Lipinski definition) is 4. The minimum absolute atomic E-state index is 0.0159. The summed E-state index contributed by atoms with van der Waals surface area (Å²) in [6.45, 7) is -1.05. The van der Waals surface area contributed by atoms with Gasteiger partial charge in [-0.25, -0.2) is 9.59 Å². The summed E-state index contributed by atoms with van der Waals surface area (Å²) in [5, 5.41) is 8.93. The SMILES string of the molecule is O=C(OCC1NC(=O)C(COC(=O)c2ccc3c(c2)C(=O)NC3=O)NC1=O)c1ccc2c(c1)C(=O)NC2=O. The van der Waals surface area contributed by atoms with Crippen LogP contribution in [0.2, 0.25) is 0 Å². The van der Waals surface area contributed by atoms with Crippen molar-refractivity contribution in [1.82, 2.24) is 21.3 Å². The van der Waals surface area contributed by atoms with E-state index >= 15 is 0 Å². The molecule has 4 N–H and O–H groups in total. The fourth-order valence-electron chi connectivity index (χ4n) is 3.98. The summed E-state index contributed by atoms with van der Waals surface area (Å²) in [5.74, 6) is -5.64. The smallest absolute Gasteiger partial charge is 0.338 e.